The second-order valence-electron chi connectivity index (χ2n) is 7.82. The van der Waals surface area contributed by atoms with Crippen LogP contribution in [0.2, 0.25) is 0 Å². The van der Waals surface area contributed by atoms with E-state index in [1.165, 1.54) is 36.8 Å². The molecule has 2 aliphatic heterocycles. The molecule has 0 N–H and O–H groups in total. The van der Waals surface area contributed by atoms with E-state index in [0.717, 1.165) is 24.9 Å². The van der Waals surface area contributed by atoms with Crippen LogP contribution in [0.1, 0.15) is 49.3 Å². The molecule has 4 nitrogen and oxygen atoms in total. The van der Waals surface area contributed by atoms with Crippen molar-refractivity contribution in [3.8, 4) is 0 Å². The van der Waals surface area contributed by atoms with Crippen molar-refractivity contribution in [2.75, 3.05) is 13.1 Å². The predicted octanol–water partition coefficient (Wildman–Crippen LogP) is 4.68. The highest BCUT2D eigenvalue weighted by Gasteiger charge is 2.42. The SMILES string of the molecule is c1ccc(C2ON2CC2CCC(CN3OC3c3ccccc3)CC2)cc1. The fourth-order valence-electron chi connectivity index (χ4n) is 4.27. The van der Waals surface area contributed by atoms with Gasteiger partial charge in [0.05, 0.1) is 0 Å². The van der Waals surface area contributed by atoms with Gasteiger partial charge >= 0.3 is 0 Å². The van der Waals surface area contributed by atoms with Gasteiger partial charge in [-0.05, 0) is 48.6 Å². The molecule has 4 heteroatoms. The summed E-state index contributed by atoms with van der Waals surface area (Å²) in [5.41, 5.74) is 2.54. The third-order valence-electron chi connectivity index (χ3n) is 5.91. The van der Waals surface area contributed by atoms with Crippen molar-refractivity contribution < 1.29 is 9.68 Å². The van der Waals surface area contributed by atoms with Crippen LogP contribution in [-0.4, -0.2) is 23.2 Å². The Balaban J connectivity index is 1.04. The van der Waals surface area contributed by atoms with E-state index >= 15 is 0 Å². The minimum atomic E-state index is 0.187. The normalized spacial score (nSPS) is 35.8. The van der Waals surface area contributed by atoms with E-state index in [-0.39, 0.29) is 12.5 Å². The van der Waals surface area contributed by atoms with Crippen molar-refractivity contribution in [2.24, 2.45) is 11.8 Å². The van der Waals surface area contributed by atoms with E-state index in [4.69, 9.17) is 9.68 Å². The second-order valence-corrected chi connectivity index (χ2v) is 7.82. The van der Waals surface area contributed by atoms with Gasteiger partial charge in [-0.15, -0.1) is 0 Å². The minimum absolute atomic E-state index is 0.187. The zero-order chi connectivity index (χ0) is 17.3. The first-order valence-electron chi connectivity index (χ1n) is 9.83. The van der Waals surface area contributed by atoms with Crippen molar-refractivity contribution in [3.05, 3.63) is 71.8 Å². The largest absolute Gasteiger partial charge is 0.270 e. The van der Waals surface area contributed by atoms with Gasteiger partial charge < -0.3 is 0 Å². The van der Waals surface area contributed by atoms with Crippen LogP contribution in [-0.2, 0) is 9.68 Å². The quantitative estimate of drug-likeness (QED) is 0.708. The highest BCUT2D eigenvalue weighted by Crippen LogP contribution is 2.42. The lowest BCUT2D eigenvalue weighted by molar-refractivity contribution is 0.122. The fourth-order valence-corrected chi connectivity index (χ4v) is 4.27. The summed E-state index contributed by atoms with van der Waals surface area (Å²) in [4.78, 5) is 11.6. The van der Waals surface area contributed by atoms with Crippen molar-refractivity contribution in [2.45, 2.75) is 38.1 Å². The average molecular weight is 350 g/mol. The molecule has 2 heterocycles. The monoisotopic (exact) mass is 350 g/mol. The number of hydroxylamine groups is 4. The third-order valence-corrected chi connectivity index (χ3v) is 5.91. The molecule has 136 valence electrons. The van der Waals surface area contributed by atoms with Crippen LogP contribution in [0, 0.1) is 11.8 Å². The van der Waals surface area contributed by atoms with Crippen LogP contribution in [0.25, 0.3) is 0 Å². The molecule has 1 aliphatic carbocycles. The average Bonchev–Trinajstić information content (AvgIpc) is 3.61. The molecule has 5 rings (SSSR count). The van der Waals surface area contributed by atoms with Gasteiger partial charge in [-0.3, -0.25) is 9.68 Å². The Bertz CT molecular complexity index is 652. The Morgan fingerprint density at radius 2 is 1.00 bits per heavy atom. The van der Waals surface area contributed by atoms with E-state index < -0.39 is 0 Å². The molecule has 2 saturated heterocycles. The molecule has 0 bridgehead atoms. The zero-order valence-electron chi connectivity index (χ0n) is 15.0. The van der Waals surface area contributed by atoms with Crippen LogP contribution in [0.3, 0.4) is 0 Å². The van der Waals surface area contributed by atoms with Crippen molar-refractivity contribution in [3.63, 3.8) is 0 Å². The number of benzene rings is 2. The van der Waals surface area contributed by atoms with Crippen LogP contribution in [0.5, 0.6) is 0 Å². The standard InChI is InChI=1S/C22H26N2O2/c1-3-7-19(8-4-1)21-23(25-21)15-17-11-13-18(14-12-17)16-24-22(26-24)20-9-5-2-6-10-20/h1-10,17-18,21-22H,11-16H2. The second kappa shape index (κ2) is 7.12. The molecular formula is C22H26N2O2. The first-order valence-corrected chi connectivity index (χ1v) is 9.83. The Hall–Kier alpha value is -1.72. The molecule has 26 heavy (non-hydrogen) atoms. The van der Waals surface area contributed by atoms with Gasteiger partial charge in [0.25, 0.3) is 0 Å². The van der Waals surface area contributed by atoms with Crippen molar-refractivity contribution in [1.82, 2.24) is 10.1 Å². The predicted molar refractivity (Wildman–Crippen MR) is 99.4 cm³/mol. The number of nitrogens with zero attached hydrogens (tertiary/aromatic N) is 2. The maximum absolute atomic E-state index is 5.78. The molecule has 0 spiro atoms. The fraction of sp³-hybridized carbons (Fsp3) is 0.455. The van der Waals surface area contributed by atoms with Gasteiger partial charge in [-0.25, -0.2) is 0 Å². The lowest BCUT2D eigenvalue weighted by Gasteiger charge is -2.28. The molecular weight excluding hydrogens is 324 g/mol. The van der Waals surface area contributed by atoms with E-state index in [9.17, 15) is 0 Å². The van der Waals surface area contributed by atoms with Gasteiger partial charge in [0.2, 0.25) is 0 Å². The van der Waals surface area contributed by atoms with E-state index in [1.807, 2.05) is 0 Å². The molecule has 3 fully saturated rings. The summed E-state index contributed by atoms with van der Waals surface area (Å²) in [6, 6.07) is 21.0. The molecule has 0 amide bonds. The summed E-state index contributed by atoms with van der Waals surface area (Å²) < 4.78 is 0. The van der Waals surface area contributed by atoms with Gasteiger partial charge in [0, 0.05) is 13.1 Å². The summed E-state index contributed by atoms with van der Waals surface area (Å²) in [6.07, 6.45) is 5.58. The molecule has 2 aromatic rings. The highest BCUT2D eigenvalue weighted by atomic mass is 16.8. The first kappa shape index (κ1) is 16.5. The molecule has 0 aromatic heterocycles. The van der Waals surface area contributed by atoms with Gasteiger partial charge in [-0.2, -0.15) is 10.1 Å². The van der Waals surface area contributed by atoms with Gasteiger partial charge in [0.15, 0.2) is 12.5 Å². The van der Waals surface area contributed by atoms with Crippen LogP contribution in [0.4, 0.5) is 0 Å². The van der Waals surface area contributed by atoms with Crippen LogP contribution < -0.4 is 0 Å². The lowest BCUT2D eigenvalue weighted by Crippen LogP contribution is -2.24. The first-order chi connectivity index (χ1) is 12.9. The summed E-state index contributed by atoms with van der Waals surface area (Å²) in [5.74, 6) is 1.53. The molecule has 3 aliphatic rings. The molecule has 4 unspecified atom stereocenters. The minimum Gasteiger partial charge on any atom is -0.270 e. The number of hydrogen-bond acceptors (Lipinski definition) is 4. The van der Waals surface area contributed by atoms with Crippen LogP contribution in [0.15, 0.2) is 60.7 Å². The molecule has 2 aromatic carbocycles. The van der Waals surface area contributed by atoms with E-state index in [1.54, 1.807) is 0 Å². The Labute approximate surface area is 155 Å². The Morgan fingerprint density at radius 1 is 0.615 bits per heavy atom. The maximum atomic E-state index is 5.78. The lowest BCUT2D eigenvalue weighted by atomic mass is 9.82. The summed E-state index contributed by atoms with van der Waals surface area (Å²) in [6.45, 7) is 2.14. The van der Waals surface area contributed by atoms with Gasteiger partial charge in [-0.1, -0.05) is 60.7 Å². The smallest absolute Gasteiger partial charge is 0.179 e. The van der Waals surface area contributed by atoms with Crippen molar-refractivity contribution >= 4 is 0 Å². The van der Waals surface area contributed by atoms with Crippen LogP contribution >= 0.6 is 0 Å². The molecule has 0 radical (unpaired) electrons. The highest BCUT2D eigenvalue weighted by molar-refractivity contribution is 5.19. The number of hydrogen-bond donors (Lipinski definition) is 0. The Kier molecular flexibility index (Phi) is 4.51. The van der Waals surface area contributed by atoms with Gasteiger partial charge in [0.1, 0.15) is 0 Å². The molecule has 4 atom stereocenters. The van der Waals surface area contributed by atoms with Crippen molar-refractivity contribution in [1.29, 1.82) is 0 Å². The summed E-state index contributed by atoms with van der Waals surface area (Å²) in [5, 5.41) is 4.30. The maximum Gasteiger partial charge on any atom is 0.179 e. The Morgan fingerprint density at radius 3 is 1.38 bits per heavy atom. The summed E-state index contributed by atoms with van der Waals surface area (Å²) >= 11 is 0. The zero-order valence-corrected chi connectivity index (χ0v) is 15.0. The van der Waals surface area contributed by atoms with E-state index in [0.29, 0.717) is 0 Å². The summed E-state index contributed by atoms with van der Waals surface area (Å²) in [7, 11) is 0. The third kappa shape index (κ3) is 3.69. The molecule has 1 saturated carbocycles. The topological polar surface area (TPSA) is 31.1 Å². The number of rotatable bonds is 6. The van der Waals surface area contributed by atoms with E-state index in [2.05, 4.69) is 70.8 Å².